The molecule has 0 N–H and O–H groups in total. The van der Waals surface area contributed by atoms with Gasteiger partial charge in [-0.05, 0) is 78.0 Å². The Kier molecular flexibility index (Phi) is 16.0. The van der Waals surface area contributed by atoms with Crippen molar-refractivity contribution in [3.05, 3.63) is 58.8 Å². The highest BCUT2D eigenvalue weighted by molar-refractivity contribution is 9.10. The van der Waals surface area contributed by atoms with Crippen molar-refractivity contribution in [2.24, 2.45) is 0 Å². The highest BCUT2D eigenvalue weighted by atomic mass is 79.9. The van der Waals surface area contributed by atoms with Crippen LogP contribution in [0.1, 0.15) is 37.3 Å². The highest BCUT2D eigenvalue weighted by Gasteiger charge is 2.45. The zero-order chi connectivity index (χ0) is 41.2. The lowest BCUT2D eigenvalue weighted by atomic mass is 9.77. The molecule has 0 saturated heterocycles. The van der Waals surface area contributed by atoms with Gasteiger partial charge >= 0.3 is 5.97 Å². The maximum atomic E-state index is 13.7. The SMILES string of the molecule is COCCOC(=O)C1(OCCOC)CCC(c2nc3c(-c4cnn(-c5ccc(F)cc5)c4)cnn3c(N(COCC[Si](C)(C)C)COCC[Si](C)(C)C)c2Br)CC1. The first-order chi connectivity index (χ1) is 27.1. The molecule has 314 valence electrons. The zero-order valence-electron chi connectivity index (χ0n) is 34.8. The Bertz CT molecular complexity index is 1870. The molecule has 3 aromatic heterocycles. The molecule has 5 rings (SSSR count). The van der Waals surface area contributed by atoms with Crippen molar-refractivity contribution in [3.8, 4) is 16.8 Å². The number of carbonyl (C=O) groups is 1. The minimum Gasteiger partial charge on any atom is -0.461 e. The smallest absolute Gasteiger partial charge is 0.338 e. The molecule has 1 saturated carbocycles. The number of hydrogen-bond acceptors (Lipinski definition) is 11. The van der Waals surface area contributed by atoms with Gasteiger partial charge in [-0.25, -0.2) is 18.9 Å². The second-order valence-corrected chi connectivity index (χ2v) is 29.1. The van der Waals surface area contributed by atoms with E-state index in [4.69, 9.17) is 38.5 Å². The van der Waals surface area contributed by atoms with Crippen LogP contribution in [0.15, 0.2) is 47.3 Å². The third-order valence-corrected chi connectivity index (χ3v) is 14.3. The maximum Gasteiger partial charge on any atom is 0.338 e. The first kappa shape index (κ1) is 45.1. The molecular formula is C40H60BrFN6O7Si2. The average Bonchev–Trinajstić information content (AvgIpc) is 3.82. The fourth-order valence-electron chi connectivity index (χ4n) is 6.62. The van der Waals surface area contributed by atoms with E-state index >= 15 is 0 Å². The van der Waals surface area contributed by atoms with E-state index in [1.165, 1.54) is 12.1 Å². The third-order valence-electron chi connectivity index (χ3n) is 10.1. The van der Waals surface area contributed by atoms with Crippen LogP contribution in [0.3, 0.4) is 0 Å². The van der Waals surface area contributed by atoms with E-state index in [1.807, 2.05) is 10.7 Å². The summed E-state index contributed by atoms with van der Waals surface area (Å²) < 4.78 is 53.1. The molecule has 1 fully saturated rings. The first-order valence-corrected chi connectivity index (χ1v) is 27.9. The Morgan fingerprint density at radius 1 is 0.877 bits per heavy atom. The Labute approximate surface area is 346 Å². The molecule has 4 aromatic rings. The predicted octanol–water partition coefficient (Wildman–Crippen LogP) is 8.16. The number of fused-ring (bicyclic) bond motifs is 1. The molecule has 13 nitrogen and oxygen atoms in total. The lowest BCUT2D eigenvalue weighted by molar-refractivity contribution is -0.181. The quantitative estimate of drug-likeness (QED) is 0.0329. The number of halogens is 2. The van der Waals surface area contributed by atoms with Gasteiger partial charge < -0.3 is 33.3 Å². The van der Waals surface area contributed by atoms with Crippen LogP contribution < -0.4 is 4.90 Å². The molecule has 1 aromatic carbocycles. The van der Waals surface area contributed by atoms with Crippen LogP contribution in [0.4, 0.5) is 10.2 Å². The molecular weight excluding hydrogens is 832 g/mol. The molecule has 1 aliphatic carbocycles. The van der Waals surface area contributed by atoms with Gasteiger partial charge in [-0.15, -0.1) is 0 Å². The molecule has 0 amide bonds. The normalized spacial score (nSPS) is 17.7. The number of anilines is 1. The number of aromatic nitrogens is 5. The van der Waals surface area contributed by atoms with Crippen molar-refractivity contribution in [1.29, 1.82) is 0 Å². The van der Waals surface area contributed by atoms with Crippen molar-refractivity contribution >= 4 is 49.5 Å². The summed E-state index contributed by atoms with van der Waals surface area (Å²) in [5.41, 5.74) is 2.71. The summed E-state index contributed by atoms with van der Waals surface area (Å²) in [6, 6.07) is 8.26. The first-order valence-electron chi connectivity index (χ1n) is 19.7. The Morgan fingerprint density at radius 2 is 1.49 bits per heavy atom. The molecule has 0 aliphatic heterocycles. The number of ether oxygens (including phenoxy) is 6. The van der Waals surface area contributed by atoms with E-state index in [0.717, 1.165) is 44.9 Å². The minimum atomic E-state index is -1.34. The summed E-state index contributed by atoms with van der Waals surface area (Å²) in [5.74, 6) is 0.0405. The number of hydrogen-bond donors (Lipinski definition) is 0. The van der Waals surface area contributed by atoms with E-state index < -0.39 is 21.7 Å². The van der Waals surface area contributed by atoms with Gasteiger partial charge in [0, 0.05) is 66.8 Å². The fourth-order valence-corrected chi connectivity index (χ4v) is 8.96. The van der Waals surface area contributed by atoms with Crippen LogP contribution in [0.5, 0.6) is 0 Å². The topological polar surface area (TPSA) is 124 Å². The molecule has 0 bridgehead atoms. The molecule has 0 radical (unpaired) electrons. The van der Waals surface area contributed by atoms with Crippen LogP contribution >= 0.6 is 15.9 Å². The zero-order valence-corrected chi connectivity index (χ0v) is 38.4. The number of nitrogens with zero attached hydrogens (tertiary/aromatic N) is 6. The molecule has 1 aliphatic rings. The fraction of sp³-hybridized carbons (Fsp3) is 0.600. The van der Waals surface area contributed by atoms with Crippen molar-refractivity contribution in [2.45, 2.75) is 88.6 Å². The van der Waals surface area contributed by atoms with E-state index in [2.05, 4.69) is 65.2 Å². The van der Waals surface area contributed by atoms with Crippen LogP contribution in [0, 0.1) is 5.82 Å². The highest BCUT2D eigenvalue weighted by Crippen LogP contribution is 2.45. The van der Waals surface area contributed by atoms with Gasteiger partial charge in [0.2, 0.25) is 0 Å². The Morgan fingerprint density at radius 3 is 2.09 bits per heavy atom. The standard InChI is InChI=1S/C40H60BrFN6O7Si2/c1-50-17-19-54-39(49)40(55-20-18-51-2)15-13-30(14-16-40)36-35(41)38(46(28-52-21-23-56(3,4)5)29-53-22-24-57(6,7)8)48-37(45-36)34(26-44-48)31-25-43-47(27-31)33-11-9-32(42)10-12-33/h9-12,25-27,30H,13-24,28-29H2,1-8H3. The van der Waals surface area contributed by atoms with Gasteiger partial charge in [0.25, 0.3) is 0 Å². The summed E-state index contributed by atoms with van der Waals surface area (Å²) in [5, 5.41) is 9.51. The van der Waals surface area contributed by atoms with Crippen LogP contribution in [0.25, 0.3) is 22.5 Å². The summed E-state index contributed by atoms with van der Waals surface area (Å²) in [6.45, 7) is 17.0. The number of esters is 1. The summed E-state index contributed by atoms with van der Waals surface area (Å²) in [7, 11) is 0.508. The summed E-state index contributed by atoms with van der Waals surface area (Å²) in [6.07, 6.45) is 7.60. The maximum absolute atomic E-state index is 13.7. The third kappa shape index (κ3) is 12.3. The van der Waals surface area contributed by atoms with Gasteiger partial charge in [0.15, 0.2) is 17.1 Å². The van der Waals surface area contributed by atoms with E-state index in [0.29, 0.717) is 71.2 Å². The van der Waals surface area contributed by atoms with Crippen molar-refractivity contribution < 1.29 is 37.6 Å². The largest absolute Gasteiger partial charge is 0.461 e. The van der Waals surface area contributed by atoms with Gasteiger partial charge in [0.1, 0.15) is 25.9 Å². The van der Waals surface area contributed by atoms with Gasteiger partial charge in [-0.2, -0.15) is 14.7 Å². The van der Waals surface area contributed by atoms with Crippen LogP contribution in [-0.4, -0.2) is 119 Å². The van der Waals surface area contributed by atoms with Crippen LogP contribution in [0.2, 0.25) is 51.4 Å². The second-order valence-electron chi connectivity index (χ2n) is 17.1. The monoisotopic (exact) mass is 890 g/mol. The molecule has 0 atom stereocenters. The molecule has 57 heavy (non-hydrogen) atoms. The molecule has 0 spiro atoms. The molecule has 3 heterocycles. The van der Waals surface area contributed by atoms with Crippen molar-refractivity contribution in [1.82, 2.24) is 24.4 Å². The Balaban J connectivity index is 1.55. The van der Waals surface area contributed by atoms with Gasteiger partial charge in [-0.1, -0.05) is 39.3 Å². The number of carbonyl (C=O) groups excluding carboxylic acids is 1. The van der Waals surface area contributed by atoms with Gasteiger partial charge in [0.05, 0.1) is 48.1 Å². The predicted molar refractivity (Wildman–Crippen MR) is 228 cm³/mol. The van der Waals surface area contributed by atoms with Gasteiger partial charge in [-0.3, -0.25) is 0 Å². The number of benzene rings is 1. The lowest BCUT2D eigenvalue weighted by Gasteiger charge is -2.38. The minimum absolute atomic E-state index is 0.0267. The van der Waals surface area contributed by atoms with E-state index in [-0.39, 0.29) is 30.9 Å². The van der Waals surface area contributed by atoms with Crippen molar-refractivity contribution in [3.63, 3.8) is 0 Å². The molecule has 17 heteroatoms. The van der Waals surface area contributed by atoms with Crippen molar-refractivity contribution in [2.75, 3.05) is 72.2 Å². The summed E-state index contributed by atoms with van der Waals surface area (Å²) in [4.78, 5) is 21.0. The van der Waals surface area contributed by atoms with E-state index in [1.54, 1.807) is 43.4 Å². The Hall–Kier alpha value is -3.04. The average molecular weight is 892 g/mol. The van der Waals surface area contributed by atoms with E-state index in [9.17, 15) is 9.18 Å². The second kappa shape index (κ2) is 20.3. The number of methoxy groups -OCH3 is 2. The molecule has 0 unspecified atom stereocenters. The lowest BCUT2D eigenvalue weighted by Crippen LogP contribution is -2.46. The summed E-state index contributed by atoms with van der Waals surface area (Å²) >= 11 is 4.01. The van der Waals surface area contributed by atoms with Crippen LogP contribution in [-0.2, 0) is 33.2 Å². The number of rotatable bonds is 22.